The van der Waals surface area contributed by atoms with Crippen molar-refractivity contribution in [3.8, 4) is 0 Å². The Bertz CT molecular complexity index is 1360. The first-order valence-corrected chi connectivity index (χ1v) is 17.5. The van der Waals surface area contributed by atoms with E-state index in [9.17, 15) is 15.0 Å². The number of fused-ring (bicyclic) bond motifs is 9. The summed E-state index contributed by atoms with van der Waals surface area (Å²) in [6, 6.07) is 8.04. The highest BCUT2D eigenvalue weighted by atomic mass is 79.9. The molecule has 0 spiro atoms. The highest BCUT2D eigenvalue weighted by molar-refractivity contribution is 9.10. The van der Waals surface area contributed by atoms with Crippen molar-refractivity contribution in [2.75, 3.05) is 6.61 Å². The van der Waals surface area contributed by atoms with E-state index in [1.165, 1.54) is 5.57 Å². The molecule has 1 heterocycles. The third-order valence-corrected chi connectivity index (χ3v) is 15.5. The summed E-state index contributed by atoms with van der Waals surface area (Å²) in [5, 5.41) is 22.6. The number of halogens is 1. The van der Waals surface area contributed by atoms with Crippen molar-refractivity contribution in [3.63, 3.8) is 0 Å². The molecule has 4 saturated carbocycles. The molecule has 2 N–H and O–H groups in total. The second-order valence-corrected chi connectivity index (χ2v) is 18.0. The van der Waals surface area contributed by atoms with Crippen molar-refractivity contribution < 1.29 is 24.5 Å². The van der Waals surface area contributed by atoms with Crippen molar-refractivity contribution in [2.24, 2.45) is 50.2 Å². The standard InChI is InChI=1S/C37H51BrO5/c1-32(2)15-17-37(31(40)41)18-16-35(5)23(24(37)19-32)11-12-28-33(3)20-26(39)29-34(4,27(33)13-14-36(28,35)6)21-42-30(43-29)22-9-7-8-10-25(22)38/h7-11,24,26-30,39H,12-21H2,1-6H3,(H,40,41)/t24?,26-,27?,28?,29+,30?,33+,34+,35-,36-,37+/m1/s1. The van der Waals surface area contributed by atoms with E-state index in [-0.39, 0.29) is 39.1 Å². The van der Waals surface area contributed by atoms with E-state index in [2.05, 4.69) is 63.5 Å². The molecule has 1 saturated heterocycles. The number of hydrogen-bond acceptors (Lipinski definition) is 4. The van der Waals surface area contributed by atoms with E-state index in [0.29, 0.717) is 18.4 Å². The Morgan fingerprint density at radius 3 is 2.37 bits per heavy atom. The number of rotatable bonds is 2. The predicted octanol–water partition coefficient (Wildman–Crippen LogP) is 8.70. The van der Waals surface area contributed by atoms with E-state index >= 15 is 0 Å². The lowest BCUT2D eigenvalue weighted by molar-refractivity contribution is -0.339. The summed E-state index contributed by atoms with van der Waals surface area (Å²) in [5.74, 6) is 0.325. The molecule has 0 amide bonds. The minimum atomic E-state index is -0.617. The lowest BCUT2D eigenvalue weighted by Crippen LogP contribution is -2.69. The zero-order chi connectivity index (χ0) is 30.8. The van der Waals surface area contributed by atoms with Gasteiger partial charge in [0.1, 0.15) is 0 Å². The Hall–Kier alpha value is -1.21. The van der Waals surface area contributed by atoms with E-state index in [4.69, 9.17) is 9.47 Å². The van der Waals surface area contributed by atoms with E-state index in [1.807, 2.05) is 24.3 Å². The van der Waals surface area contributed by atoms with Crippen LogP contribution in [0.1, 0.15) is 111 Å². The van der Waals surface area contributed by atoms with Gasteiger partial charge >= 0.3 is 5.97 Å². The maximum atomic E-state index is 13.0. The lowest BCUT2D eigenvalue weighted by Gasteiger charge is -2.72. The van der Waals surface area contributed by atoms with Crippen molar-refractivity contribution in [1.29, 1.82) is 0 Å². The van der Waals surface area contributed by atoms with Gasteiger partial charge < -0.3 is 19.7 Å². The van der Waals surface area contributed by atoms with Gasteiger partial charge in [-0.25, -0.2) is 0 Å². The van der Waals surface area contributed by atoms with Crippen molar-refractivity contribution in [1.82, 2.24) is 0 Å². The van der Waals surface area contributed by atoms with Gasteiger partial charge in [0.05, 0.1) is 24.2 Å². The van der Waals surface area contributed by atoms with Gasteiger partial charge in [-0.15, -0.1) is 0 Å². The molecule has 11 atom stereocenters. The number of ether oxygens (including phenoxy) is 2. The predicted molar refractivity (Wildman–Crippen MR) is 170 cm³/mol. The first kappa shape index (κ1) is 30.4. The number of allylic oxidation sites excluding steroid dienone is 2. The number of aliphatic hydroxyl groups excluding tert-OH is 1. The monoisotopic (exact) mass is 654 g/mol. The van der Waals surface area contributed by atoms with Crippen LogP contribution in [-0.2, 0) is 14.3 Å². The molecular formula is C37H51BrO5. The Balaban J connectivity index is 1.24. The van der Waals surface area contributed by atoms with Gasteiger partial charge in [0, 0.05) is 15.5 Å². The molecule has 0 bridgehead atoms. The molecule has 5 nitrogen and oxygen atoms in total. The first-order valence-electron chi connectivity index (χ1n) is 16.7. The minimum Gasteiger partial charge on any atom is -0.481 e. The number of aliphatic carboxylic acids is 1. The Morgan fingerprint density at radius 2 is 1.65 bits per heavy atom. The molecule has 5 aliphatic carbocycles. The third-order valence-electron chi connectivity index (χ3n) is 14.7. The molecule has 1 aromatic rings. The molecule has 0 radical (unpaired) electrons. The van der Waals surface area contributed by atoms with Crippen LogP contribution in [0.5, 0.6) is 0 Å². The lowest BCUT2D eigenvalue weighted by atomic mass is 9.33. The number of aliphatic hydroxyl groups is 1. The van der Waals surface area contributed by atoms with Crippen molar-refractivity contribution >= 4 is 21.9 Å². The van der Waals surface area contributed by atoms with Crippen LogP contribution < -0.4 is 0 Å². The molecule has 6 heteroatoms. The number of carboxylic acids is 1. The summed E-state index contributed by atoms with van der Waals surface area (Å²) in [5.41, 5.74) is 1.63. The SMILES string of the molecule is CC1(C)CC[C@]2(C(=O)O)CC[C@]3(C)C(=CCC4[C@@]5(C)C[C@@H](O)[C@@H]6OC(c7ccccc7Br)OC[C@@]6(C)C5CC[C@]43C)C2C1. The van der Waals surface area contributed by atoms with Crippen LogP contribution in [0.25, 0.3) is 0 Å². The Labute approximate surface area is 266 Å². The van der Waals surface area contributed by atoms with Crippen molar-refractivity contribution in [3.05, 3.63) is 46.0 Å². The maximum Gasteiger partial charge on any atom is 0.310 e. The van der Waals surface area contributed by atoms with E-state index in [0.717, 1.165) is 67.8 Å². The van der Waals surface area contributed by atoms with Crippen LogP contribution in [0.2, 0.25) is 0 Å². The van der Waals surface area contributed by atoms with Gasteiger partial charge in [-0.2, -0.15) is 0 Å². The average molecular weight is 656 g/mol. The summed E-state index contributed by atoms with van der Waals surface area (Å²) < 4.78 is 14.1. The fraction of sp³-hybridized carbons (Fsp3) is 0.757. The summed E-state index contributed by atoms with van der Waals surface area (Å²) in [4.78, 5) is 13.0. The minimum absolute atomic E-state index is 0.0338. The molecule has 6 aliphatic rings. The van der Waals surface area contributed by atoms with Crippen LogP contribution in [0, 0.1) is 50.2 Å². The maximum absolute atomic E-state index is 13.0. The Morgan fingerprint density at radius 1 is 0.930 bits per heavy atom. The van der Waals surface area contributed by atoms with E-state index in [1.54, 1.807) is 0 Å². The van der Waals surface area contributed by atoms with Crippen LogP contribution in [0.4, 0.5) is 0 Å². The molecule has 0 aromatic heterocycles. The molecular weight excluding hydrogens is 604 g/mol. The topological polar surface area (TPSA) is 76.0 Å². The smallest absolute Gasteiger partial charge is 0.310 e. The Kier molecular flexibility index (Phi) is 6.83. The summed E-state index contributed by atoms with van der Waals surface area (Å²) in [6.45, 7) is 15.0. The van der Waals surface area contributed by atoms with Crippen molar-refractivity contribution in [2.45, 2.75) is 118 Å². The fourth-order valence-corrected chi connectivity index (χ4v) is 12.7. The highest BCUT2D eigenvalue weighted by Crippen LogP contribution is 2.76. The molecule has 43 heavy (non-hydrogen) atoms. The molecule has 7 rings (SSSR count). The molecule has 1 aromatic carbocycles. The van der Waals surface area contributed by atoms with Gasteiger partial charge in [0.25, 0.3) is 0 Å². The largest absolute Gasteiger partial charge is 0.481 e. The second-order valence-electron chi connectivity index (χ2n) is 17.2. The van der Waals surface area contributed by atoms with Crippen LogP contribution in [0.15, 0.2) is 40.4 Å². The van der Waals surface area contributed by atoms with Crippen LogP contribution in [0.3, 0.4) is 0 Å². The average Bonchev–Trinajstić information content (AvgIpc) is 2.93. The van der Waals surface area contributed by atoms with Gasteiger partial charge in [-0.1, -0.05) is 87.3 Å². The molecule has 5 fully saturated rings. The fourth-order valence-electron chi connectivity index (χ4n) is 12.2. The second kappa shape index (κ2) is 9.65. The van der Waals surface area contributed by atoms with E-state index < -0.39 is 23.8 Å². The molecule has 236 valence electrons. The number of carbonyl (C=O) groups is 1. The summed E-state index contributed by atoms with van der Waals surface area (Å²) >= 11 is 3.67. The van der Waals surface area contributed by atoms with Crippen LogP contribution in [-0.4, -0.2) is 35.0 Å². The zero-order valence-corrected chi connectivity index (χ0v) is 28.5. The van der Waals surface area contributed by atoms with Gasteiger partial charge in [-0.05, 0) is 103 Å². The molecule has 4 unspecified atom stereocenters. The summed E-state index contributed by atoms with van der Waals surface area (Å²) in [6.07, 6.45) is 9.55. The zero-order valence-electron chi connectivity index (χ0n) is 26.9. The van der Waals surface area contributed by atoms with Gasteiger partial charge in [-0.3, -0.25) is 4.79 Å². The van der Waals surface area contributed by atoms with Crippen LogP contribution >= 0.6 is 15.9 Å². The normalized spacial score (nSPS) is 50.2. The number of carboxylic acid groups (broad SMARTS) is 1. The van der Waals surface area contributed by atoms with Gasteiger partial charge in [0.15, 0.2) is 6.29 Å². The first-order chi connectivity index (χ1) is 20.1. The molecule has 1 aliphatic heterocycles. The van der Waals surface area contributed by atoms with Gasteiger partial charge in [0.2, 0.25) is 0 Å². The number of hydrogen-bond donors (Lipinski definition) is 2. The summed E-state index contributed by atoms with van der Waals surface area (Å²) in [7, 11) is 0. The number of benzene rings is 1. The highest BCUT2D eigenvalue weighted by Gasteiger charge is 2.71. The quantitative estimate of drug-likeness (QED) is 0.312. The third kappa shape index (κ3) is 4.01.